The summed E-state index contributed by atoms with van der Waals surface area (Å²) in [6.45, 7) is 2.66. The summed E-state index contributed by atoms with van der Waals surface area (Å²) >= 11 is 0. The quantitative estimate of drug-likeness (QED) is 0.803. The first kappa shape index (κ1) is 16.9. The third kappa shape index (κ3) is 4.49. The van der Waals surface area contributed by atoms with Crippen molar-refractivity contribution < 1.29 is 19.4 Å². The Morgan fingerprint density at radius 3 is 2.65 bits per heavy atom. The predicted molar refractivity (Wildman–Crippen MR) is 89.3 cm³/mol. The minimum absolute atomic E-state index is 0.377. The van der Waals surface area contributed by atoms with Gasteiger partial charge in [-0.05, 0) is 42.2 Å². The number of rotatable bonds is 8. The SMILES string of the molecule is CCCOc1ccccc1CC(C(=O)O)c1cccc(OC)c1. The molecular weight excluding hydrogens is 292 g/mol. The molecule has 0 bridgehead atoms. The molecule has 122 valence electrons. The molecule has 2 aromatic carbocycles. The summed E-state index contributed by atoms with van der Waals surface area (Å²) in [5, 5.41) is 9.64. The lowest BCUT2D eigenvalue weighted by Crippen LogP contribution is -2.15. The van der Waals surface area contributed by atoms with Crippen LogP contribution >= 0.6 is 0 Å². The third-order valence-corrected chi connectivity index (χ3v) is 3.65. The number of carbonyl (C=O) groups is 1. The number of carboxylic acids is 1. The summed E-state index contributed by atoms with van der Waals surface area (Å²) in [4.78, 5) is 11.7. The van der Waals surface area contributed by atoms with E-state index in [0.717, 1.165) is 23.3 Å². The van der Waals surface area contributed by atoms with Crippen LogP contribution in [-0.2, 0) is 11.2 Å². The molecule has 0 saturated carbocycles. The van der Waals surface area contributed by atoms with Crippen molar-refractivity contribution in [3.63, 3.8) is 0 Å². The van der Waals surface area contributed by atoms with Crippen molar-refractivity contribution >= 4 is 5.97 Å². The van der Waals surface area contributed by atoms with Gasteiger partial charge in [0.25, 0.3) is 0 Å². The maximum absolute atomic E-state index is 11.7. The van der Waals surface area contributed by atoms with E-state index in [2.05, 4.69) is 0 Å². The summed E-state index contributed by atoms with van der Waals surface area (Å²) in [7, 11) is 1.57. The van der Waals surface area contributed by atoms with Crippen LogP contribution in [0.1, 0.15) is 30.4 Å². The van der Waals surface area contributed by atoms with E-state index in [4.69, 9.17) is 9.47 Å². The van der Waals surface area contributed by atoms with E-state index in [1.54, 1.807) is 19.2 Å². The Labute approximate surface area is 136 Å². The van der Waals surface area contributed by atoms with Gasteiger partial charge in [-0.25, -0.2) is 0 Å². The van der Waals surface area contributed by atoms with Crippen molar-refractivity contribution in [1.82, 2.24) is 0 Å². The van der Waals surface area contributed by atoms with E-state index in [1.807, 2.05) is 43.3 Å². The molecule has 0 saturated heterocycles. The van der Waals surface area contributed by atoms with Crippen LogP contribution in [0.25, 0.3) is 0 Å². The number of aliphatic carboxylic acids is 1. The molecule has 1 atom stereocenters. The smallest absolute Gasteiger partial charge is 0.311 e. The van der Waals surface area contributed by atoms with Crippen molar-refractivity contribution in [3.05, 3.63) is 59.7 Å². The Bertz CT molecular complexity index is 651. The molecule has 0 aromatic heterocycles. The highest BCUT2D eigenvalue weighted by molar-refractivity contribution is 5.77. The molecule has 0 spiro atoms. The average molecular weight is 314 g/mol. The van der Waals surface area contributed by atoms with Crippen molar-refractivity contribution in [3.8, 4) is 11.5 Å². The minimum atomic E-state index is -0.858. The maximum Gasteiger partial charge on any atom is 0.311 e. The fraction of sp³-hybridized carbons (Fsp3) is 0.316. The van der Waals surface area contributed by atoms with Gasteiger partial charge < -0.3 is 14.6 Å². The van der Waals surface area contributed by atoms with Gasteiger partial charge in [-0.1, -0.05) is 37.3 Å². The number of hydrogen-bond acceptors (Lipinski definition) is 3. The number of benzene rings is 2. The topological polar surface area (TPSA) is 55.8 Å². The number of ether oxygens (including phenoxy) is 2. The highest BCUT2D eigenvalue weighted by atomic mass is 16.5. The van der Waals surface area contributed by atoms with Gasteiger partial charge in [0.05, 0.1) is 19.6 Å². The standard InChI is InChI=1S/C19H22O4/c1-3-11-23-18-10-5-4-7-15(18)13-17(19(20)21)14-8-6-9-16(12-14)22-2/h4-10,12,17H,3,11,13H2,1-2H3,(H,20,21). The fourth-order valence-electron chi connectivity index (χ4n) is 2.45. The highest BCUT2D eigenvalue weighted by Gasteiger charge is 2.22. The van der Waals surface area contributed by atoms with Crippen molar-refractivity contribution in [2.24, 2.45) is 0 Å². The van der Waals surface area contributed by atoms with E-state index in [1.165, 1.54) is 0 Å². The van der Waals surface area contributed by atoms with E-state index in [-0.39, 0.29) is 0 Å². The van der Waals surface area contributed by atoms with Crippen LogP contribution < -0.4 is 9.47 Å². The molecule has 0 aliphatic carbocycles. The van der Waals surface area contributed by atoms with Gasteiger partial charge in [0.2, 0.25) is 0 Å². The summed E-state index contributed by atoms with van der Waals surface area (Å²) in [5.74, 6) is -0.0900. The molecule has 4 nitrogen and oxygen atoms in total. The molecule has 2 rings (SSSR count). The Morgan fingerprint density at radius 2 is 1.96 bits per heavy atom. The lowest BCUT2D eigenvalue weighted by Gasteiger charge is -2.16. The van der Waals surface area contributed by atoms with Crippen LogP contribution in [0.5, 0.6) is 11.5 Å². The van der Waals surface area contributed by atoms with Crippen LogP contribution in [0.15, 0.2) is 48.5 Å². The van der Waals surface area contributed by atoms with Gasteiger partial charge in [0.1, 0.15) is 11.5 Å². The molecule has 1 N–H and O–H groups in total. The van der Waals surface area contributed by atoms with Crippen LogP contribution in [-0.4, -0.2) is 24.8 Å². The zero-order valence-corrected chi connectivity index (χ0v) is 13.5. The van der Waals surface area contributed by atoms with Gasteiger partial charge in [-0.3, -0.25) is 4.79 Å². The lowest BCUT2D eigenvalue weighted by molar-refractivity contribution is -0.138. The van der Waals surface area contributed by atoms with Crippen molar-refractivity contribution in [2.45, 2.75) is 25.7 Å². The highest BCUT2D eigenvalue weighted by Crippen LogP contribution is 2.28. The molecule has 0 radical (unpaired) electrons. The van der Waals surface area contributed by atoms with Crippen LogP contribution in [0.4, 0.5) is 0 Å². The second-order valence-corrected chi connectivity index (χ2v) is 5.33. The second-order valence-electron chi connectivity index (χ2n) is 5.33. The van der Waals surface area contributed by atoms with Gasteiger partial charge >= 0.3 is 5.97 Å². The number of methoxy groups -OCH3 is 1. The normalized spacial score (nSPS) is 11.7. The molecule has 1 unspecified atom stereocenters. The summed E-state index contributed by atoms with van der Waals surface area (Å²) in [6, 6.07) is 14.8. The second kappa shape index (κ2) is 8.22. The molecule has 0 aliphatic heterocycles. The van der Waals surface area contributed by atoms with Crippen LogP contribution in [0.2, 0.25) is 0 Å². The molecule has 0 heterocycles. The number of carboxylic acid groups (broad SMARTS) is 1. The van der Waals surface area contributed by atoms with Crippen molar-refractivity contribution in [2.75, 3.05) is 13.7 Å². The van der Waals surface area contributed by atoms with Crippen LogP contribution in [0, 0.1) is 0 Å². The first-order valence-corrected chi connectivity index (χ1v) is 7.73. The van der Waals surface area contributed by atoms with Gasteiger partial charge in [0, 0.05) is 0 Å². The summed E-state index contributed by atoms with van der Waals surface area (Å²) in [6.07, 6.45) is 1.29. The average Bonchev–Trinajstić information content (AvgIpc) is 2.58. The van der Waals surface area contributed by atoms with Crippen LogP contribution in [0.3, 0.4) is 0 Å². The van der Waals surface area contributed by atoms with E-state index in [0.29, 0.717) is 18.8 Å². The molecule has 0 fully saturated rings. The first-order chi connectivity index (χ1) is 11.2. The van der Waals surface area contributed by atoms with E-state index < -0.39 is 11.9 Å². The van der Waals surface area contributed by atoms with E-state index in [9.17, 15) is 9.90 Å². The van der Waals surface area contributed by atoms with Crippen molar-refractivity contribution in [1.29, 1.82) is 0 Å². The molecule has 4 heteroatoms. The minimum Gasteiger partial charge on any atom is -0.497 e. The molecule has 0 aliphatic rings. The first-order valence-electron chi connectivity index (χ1n) is 7.73. The predicted octanol–water partition coefficient (Wildman–Crippen LogP) is 3.89. The maximum atomic E-state index is 11.7. The Kier molecular flexibility index (Phi) is 6.03. The largest absolute Gasteiger partial charge is 0.497 e. The van der Waals surface area contributed by atoms with Gasteiger partial charge in [-0.2, -0.15) is 0 Å². The van der Waals surface area contributed by atoms with Gasteiger partial charge in [-0.15, -0.1) is 0 Å². The zero-order valence-electron chi connectivity index (χ0n) is 13.5. The summed E-state index contributed by atoms with van der Waals surface area (Å²) in [5.41, 5.74) is 1.62. The Morgan fingerprint density at radius 1 is 1.17 bits per heavy atom. The molecular formula is C19H22O4. The molecule has 2 aromatic rings. The summed E-state index contributed by atoms with van der Waals surface area (Å²) < 4.78 is 10.9. The lowest BCUT2D eigenvalue weighted by atomic mass is 9.91. The van der Waals surface area contributed by atoms with E-state index >= 15 is 0 Å². The Hall–Kier alpha value is -2.49. The third-order valence-electron chi connectivity index (χ3n) is 3.65. The van der Waals surface area contributed by atoms with Gasteiger partial charge in [0.15, 0.2) is 0 Å². The Balaban J connectivity index is 2.28. The number of para-hydroxylation sites is 1. The molecule has 0 amide bonds. The zero-order chi connectivity index (χ0) is 16.7. The molecule has 23 heavy (non-hydrogen) atoms. The monoisotopic (exact) mass is 314 g/mol. The number of hydrogen-bond donors (Lipinski definition) is 1. The fourth-order valence-corrected chi connectivity index (χ4v) is 2.45.